The van der Waals surface area contributed by atoms with Gasteiger partial charge in [0.2, 0.25) is 0 Å². The van der Waals surface area contributed by atoms with Crippen LogP contribution in [0.3, 0.4) is 0 Å². The lowest BCUT2D eigenvalue weighted by Gasteiger charge is -2.33. The molecule has 2 aromatic carbocycles. The molecule has 0 amide bonds. The number of nitrogens with one attached hydrogen (secondary N) is 2. The van der Waals surface area contributed by atoms with Crippen molar-refractivity contribution >= 4 is 11.5 Å². The van der Waals surface area contributed by atoms with Crippen molar-refractivity contribution in [1.82, 2.24) is 5.32 Å². The number of ether oxygens (including phenoxy) is 1. The molecule has 0 saturated heterocycles. The third kappa shape index (κ3) is 4.46. The highest BCUT2D eigenvalue weighted by atomic mass is 16.5. The van der Waals surface area contributed by atoms with Gasteiger partial charge in [0.25, 0.3) is 0 Å². The molecule has 150 valence electrons. The van der Waals surface area contributed by atoms with Crippen LogP contribution in [0.1, 0.15) is 36.6 Å². The second-order valence-corrected chi connectivity index (χ2v) is 7.88. The molecule has 0 saturated carbocycles. The molecular weight excluding hydrogens is 356 g/mol. The fourth-order valence-corrected chi connectivity index (χ4v) is 3.78. The summed E-state index contributed by atoms with van der Waals surface area (Å²) in [7, 11) is 1.65. The number of fused-ring (bicyclic) bond motifs is 1. The number of methoxy groups -OCH3 is 1. The molecular formula is C22H28N2O4. The molecule has 6 heteroatoms. The summed E-state index contributed by atoms with van der Waals surface area (Å²) >= 11 is 0. The Morgan fingerprint density at radius 2 is 1.93 bits per heavy atom. The van der Waals surface area contributed by atoms with E-state index < -0.39 is 0 Å². The average molecular weight is 384 g/mol. The van der Waals surface area contributed by atoms with Crippen molar-refractivity contribution < 1.29 is 19.7 Å². The zero-order chi connectivity index (χ0) is 20.3. The number of rotatable bonds is 7. The van der Waals surface area contributed by atoms with Gasteiger partial charge in [-0.1, -0.05) is 18.2 Å². The second kappa shape index (κ2) is 8.20. The van der Waals surface area contributed by atoms with Gasteiger partial charge in [-0.15, -0.1) is 0 Å². The number of hydrogen-bond acceptors (Lipinski definition) is 6. The van der Waals surface area contributed by atoms with E-state index in [-0.39, 0.29) is 42.7 Å². The van der Waals surface area contributed by atoms with Gasteiger partial charge >= 0.3 is 0 Å². The average Bonchev–Trinajstić information content (AvgIpc) is 2.67. The van der Waals surface area contributed by atoms with Crippen LogP contribution in [0, 0.1) is 0 Å². The summed E-state index contributed by atoms with van der Waals surface area (Å²) in [5.74, 6) is 0.959. The molecule has 0 radical (unpaired) electrons. The van der Waals surface area contributed by atoms with E-state index in [2.05, 4.69) is 24.5 Å². The van der Waals surface area contributed by atoms with Crippen molar-refractivity contribution in [3.63, 3.8) is 0 Å². The van der Waals surface area contributed by atoms with Gasteiger partial charge in [-0.05, 0) is 49.6 Å². The Labute approximate surface area is 165 Å². The number of aliphatic hydroxyl groups is 1. The Morgan fingerprint density at radius 3 is 2.57 bits per heavy atom. The maximum absolute atomic E-state index is 11.8. The SMILES string of the molecule is COc1ccc(CC(C)(C)NC(CO)c2ccc(O)c3c2NCC(=O)C3)cc1. The summed E-state index contributed by atoms with van der Waals surface area (Å²) in [4.78, 5) is 11.8. The molecule has 1 unspecified atom stereocenters. The van der Waals surface area contributed by atoms with Crippen molar-refractivity contribution in [3.05, 3.63) is 53.1 Å². The zero-order valence-electron chi connectivity index (χ0n) is 16.6. The number of anilines is 1. The number of ketones is 1. The minimum Gasteiger partial charge on any atom is -0.508 e. The molecule has 4 N–H and O–H groups in total. The number of aromatic hydroxyl groups is 1. The molecule has 1 heterocycles. The summed E-state index contributed by atoms with van der Waals surface area (Å²) in [5, 5.41) is 26.8. The fourth-order valence-electron chi connectivity index (χ4n) is 3.78. The number of benzene rings is 2. The lowest BCUT2D eigenvalue weighted by atomic mass is 9.90. The van der Waals surface area contributed by atoms with E-state index >= 15 is 0 Å². The van der Waals surface area contributed by atoms with E-state index in [1.54, 1.807) is 19.2 Å². The highest BCUT2D eigenvalue weighted by Gasteiger charge is 2.28. The van der Waals surface area contributed by atoms with Gasteiger partial charge in [-0.3, -0.25) is 4.79 Å². The van der Waals surface area contributed by atoms with Crippen molar-refractivity contribution in [2.45, 2.75) is 38.3 Å². The molecule has 28 heavy (non-hydrogen) atoms. The summed E-state index contributed by atoms with van der Waals surface area (Å²) in [6.45, 7) is 4.31. The van der Waals surface area contributed by atoms with E-state index in [9.17, 15) is 15.0 Å². The van der Waals surface area contributed by atoms with Crippen molar-refractivity contribution in [1.29, 1.82) is 0 Å². The molecule has 2 aromatic rings. The van der Waals surface area contributed by atoms with Crippen molar-refractivity contribution in [2.24, 2.45) is 0 Å². The summed E-state index contributed by atoms with van der Waals surface area (Å²) in [6.07, 6.45) is 0.967. The fraction of sp³-hybridized carbons (Fsp3) is 0.409. The van der Waals surface area contributed by atoms with Crippen LogP contribution in [0.25, 0.3) is 0 Å². The predicted octanol–water partition coefficient (Wildman–Crippen LogP) is 2.58. The topological polar surface area (TPSA) is 90.8 Å². The first-order chi connectivity index (χ1) is 13.3. The predicted molar refractivity (Wildman–Crippen MR) is 109 cm³/mol. The van der Waals surface area contributed by atoms with Crippen LogP contribution in [0.2, 0.25) is 0 Å². The lowest BCUT2D eigenvalue weighted by Crippen LogP contribution is -2.45. The normalized spacial score (nSPS) is 14.9. The Balaban J connectivity index is 1.81. The largest absolute Gasteiger partial charge is 0.508 e. The molecule has 0 fully saturated rings. The Morgan fingerprint density at radius 1 is 1.21 bits per heavy atom. The van der Waals surface area contributed by atoms with E-state index in [0.717, 1.165) is 29.0 Å². The van der Waals surface area contributed by atoms with Gasteiger partial charge in [-0.25, -0.2) is 0 Å². The van der Waals surface area contributed by atoms with Crippen LogP contribution in [-0.4, -0.2) is 41.8 Å². The van der Waals surface area contributed by atoms with Crippen LogP contribution >= 0.6 is 0 Å². The number of phenolic OH excluding ortho intramolecular Hbond substituents is 1. The third-order valence-corrected chi connectivity index (χ3v) is 5.08. The molecule has 0 bridgehead atoms. The van der Waals surface area contributed by atoms with Gasteiger partial charge in [-0.2, -0.15) is 0 Å². The quantitative estimate of drug-likeness (QED) is 0.587. The number of carbonyl (C=O) groups excluding carboxylic acids is 1. The van der Waals surface area contributed by atoms with E-state index in [0.29, 0.717) is 5.56 Å². The smallest absolute Gasteiger partial charge is 0.156 e. The summed E-state index contributed by atoms with van der Waals surface area (Å²) < 4.78 is 5.21. The van der Waals surface area contributed by atoms with E-state index in [1.807, 2.05) is 24.3 Å². The summed E-state index contributed by atoms with van der Waals surface area (Å²) in [5.41, 5.74) is 3.06. The standard InChI is InChI=1S/C22H28N2O4/c1-22(2,11-14-4-6-16(28-3)7-5-14)24-19(13-25)17-8-9-20(27)18-10-15(26)12-23-21(17)18/h4-9,19,23-25,27H,10-13H2,1-3H3. The minimum absolute atomic E-state index is 0.0355. The van der Waals surface area contributed by atoms with Crippen molar-refractivity contribution in [3.8, 4) is 11.5 Å². The van der Waals surface area contributed by atoms with Crippen LogP contribution in [0.15, 0.2) is 36.4 Å². The maximum Gasteiger partial charge on any atom is 0.156 e. The zero-order valence-corrected chi connectivity index (χ0v) is 16.6. The summed E-state index contributed by atoms with van der Waals surface area (Å²) in [6, 6.07) is 11.0. The second-order valence-electron chi connectivity index (χ2n) is 7.88. The first kappa shape index (κ1) is 20.2. The molecule has 3 rings (SSSR count). The Hall–Kier alpha value is -2.57. The monoisotopic (exact) mass is 384 g/mol. The number of aliphatic hydroxyl groups excluding tert-OH is 1. The van der Waals surface area contributed by atoms with Crippen LogP contribution in [-0.2, 0) is 17.6 Å². The van der Waals surface area contributed by atoms with Gasteiger partial charge in [0.15, 0.2) is 5.78 Å². The van der Waals surface area contributed by atoms with Gasteiger partial charge in [0.1, 0.15) is 11.5 Å². The number of phenols is 1. The first-order valence-corrected chi connectivity index (χ1v) is 9.45. The first-order valence-electron chi connectivity index (χ1n) is 9.45. The molecule has 0 spiro atoms. The molecule has 0 aromatic heterocycles. The van der Waals surface area contributed by atoms with Gasteiger partial charge < -0.3 is 25.6 Å². The maximum atomic E-state index is 11.8. The van der Waals surface area contributed by atoms with Crippen LogP contribution in [0.5, 0.6) is 11.5 Å². The van der Waals surface area contributed by atoms with E-state index in [1.165, 1.54) is 0 Å². The molecule has 1 aliphatic heterocycles. The molecule has 1 aliphatic rings. The van der Waals surface area contributed by atoms with Gasteiger partial charge in [0.05, 0.1) is 26.3 Å². The van der Waals surface area contributed by atoms with Crippen LogP contribution < -0.4 is 15.4 Å². The Kier molecular flexibility index (Phi) is 5.91. The highest BCUT2D eigenvalue weighted by molar-refractivity contribution is 5.91. The molecule has 0 aliphatic carbocycles. The lowest BCUT2D eigenvalue weighted by molar-refractivity contribution is -0.117. The minimum atomic E-state index is -0.330. The van der Waals surface area contributed by atoms with Crippen LogP contribution in [0.4, 0.5) is 5.69 Å². The van der Waals surface area contributed by atoms with E-state index in [4.69, 9.17) is 4.74 Å². The number of hydrogen-bond donors (Lipinski definition) is 4. The number of carbonyl (C=O) groups is 1. The Bertz CT molecular complexity index is 846. The van der Waals surface area contributed by atoms with Gasteiger partial charge in [0, 0.05) is 23.2 Å². The van der Waals surface area contributed by atoms with Crippen molar-refractivity contribution in [2.75, 3.05) is 25.6 Å². The molecule has 1 atom stereocenters. The number of Topliss-reactive ketones (excluding diaryl/α,β-unsaturated/α-hetero) is 1. The third-order valence-electron chi connectivity index (χ3n) is 5.08. The molecule has 6 nitrogen and oxygen atoms in total. The highest BCUT2D eigenvalue weighted by Crippen LogP contribution is 2.36.